The number of rotatable bonds is 7. The largest absolute Gasteiger partial charge is 0.469 e. The van der Waals surface area contributed by atoms with E-state index >= 15 is 0 Å². The third-order valence-electron chi connectivity index (χ3n) is 3.29. The van der Waals surface area contributed by atoms with E-state index < -0.39 is 5.41 Å². The van der Waals surface area contributed by atoms with Crippen LogP contribution in [0.2, 0.25) is 0 Å². The zero-order valence-electron chi connectivity index (χ0n) is 9.62. The summed E-state index contributed by atoms with van der Waals surface area (Å²) in [5.74, 6) is 0.274. The molecule has 1 aliphatic rings. The van der Waals surface area contributed by atoms with Gasteiger partial charge in [0.1, 0.15) is 0 Å². The average Bonchev–Trinajstić information content (AvgIpc) is 3.08. The number of nitrogens with two attached hydrogens (primary N) is 1. The van der Waals surface area contributed by atoms with Crippen molar-refractivity contribution < 1.29 is 14.3 Å². The molecule has 15 heavy (non-hydrogen) atoms. The van der Waals surface area contributed by atoms with Gasteiger partial charge in [-0.3, -0.25) is 4.79 Å². The second-order valence-corrected chi connectivity index (χ2v) is 4.22. The predicted molar refractivity (Wildman–Crippen MR) is 57.3 cm³/mol. The first-order valence-corrected chi connectivity index (χ1v) is 5.48. The Bertz CT molecular complexity index is 216. The number of carbonyl (C=O) groups is 1. The summed E-state index contributed by atoms with van der Waals surface area (Å²) in [7, 11) is 3.10. The number of carbonyl (C=O) groups excluding carboxylic acids is 1. The molecule has 0 bridgehead atoms. The minimum atomic E-state index is -0.451. The highest BCUT2D eigenvalue weighted by atomic mass is 16.5. The molecular formula is C11H21NO3. The highest BCUT2D eigenvalue weighted by Crippen LogP contribution is 2.48. The van der Waals surface area contributed by atoms with Crippen molar-refractivity contribution in [3.8, 4) is 0 Å². The lowest BCUT2D eigenvalue weighted by Gasteiger charge is -2.29. The Hall–Kier alpha value is -0.610. The molecule has 0 amide bonds. The van der Waals surface area contributed by atoms with E-state index in [2.05, 4.69) is 0 Å². The third kappa shape index (κ3) is 2.69. The Labute approximate surface area is 91.1 Å². The van der Waals surface area contributed by atoms with E-state index in [0.29, 0.717) is 19.1 Å². The van der Waals surface area contributed by atoms with Crippen LogP contribution in [-0.4, -0.2) is 33.3 Å². The molecule has 0 aliphatic heterocycles. The molecule has 0 aromatic rings. The molecule has 0 heterocycles. The standard InChI is InChI=1S/C11H21NO3/c1-14-7-3-6-11(8-12,9-4-5-9)10(13)15-2/h9H,3-8,12H2,1-2H3. The van der Waals surface area contributed by atoms with Crippen LogP contribution < -0.4 is 5.73 Å². The lowest BCUT2D eigenvalue weighted by atomic mass is 9.78. The van der Waals surface area contributed by atoms with Crippen LogP contribution in [-0.2, 0) is 14.3 Å². The first kappa shape index (κ1) is 12.5. The van der Waals surface area contributed by atoms with Gasteiger partial charge in [-0.1, -0.05) is 0 Å². The average molecular weight is 215 g/mol. The molecule has 0 spiro atoms. The smallest absolute Gasteiger partial charge is 0.313 e. The SMILES string of the molecule is COCCCC(CN)(C(=O)OC)C1CC1. The molecule has 0 saturated heterocycles. The van der Waals surface area contributed by atoms with Crippen LogP contribution in [0.1, 0.15) is 25.7 Å². The molecule has 2 N–H and O–H groups in total. The summed E-state index contributed by atoms with van der Waals surface area (Å²) in [6, 6.07) is 0. The van der Waals surface area contributed by atoms with E-state index in [1.165, 1.54) is 7.11 Å². The molecule has 1 saturated carbocycles. The fourth-order valence-corrected chi connectivity index (χ4v) is 2.20. The van der Waals surface area contributed by atoms with Gasteiger partial charge in [-0.05, 0) is 31.6 Å². The number of esters is 1. The maximum Gasteiger partial charge on any atom is 0.313 e. The summed E-state index contributed by atoms with van der Waals surface area (Å²) in [6.07, 6.45) is 3.83. The molecule has 88 valence electrons. The monoisotopic (exact) mass is 215 g/mol. The first-order valence-electron chi connectivity index (χ1n) is 5.48. The Kier molecular flexibility index (Phi) is 4.54. The van der Waals surface area contributed by atoms with Gasteiger partial charge < -0.3 is 15.2 Å². The van der Waals surface area contributed by atoms with Gasteiger partial charge in [-0.2, -0.15) is 0 Å². The summed E-state index contributed by atoms with van der Waals surface area (Å²) in [6.45, 7) is 1.06. The Morgan fingerprint density at radius 3 is 2.53 bits per heavy atom. The van der Waals surface area contributed by atoms with Crippen molar-refractivity contribution in [3.63, 3.8) is 0 Å². The molecule has 1 atom stereocenters. The van der Waals surface area contributed by atoms with Crippen LogP contribution in [0.15, 0.2) is 0 Å². The van der Waals surface area contributed by atoms with Crippen molar-refractivity contribution in [3.05, 3.63) is 0 Å². The van der Waals surface area contributed by atoms with Crippen LogP contribution >= 0.6 is 0 Å². The zero-order valence-corrected chi connectivity index (χ0v) is 9.62. The third-order valence-corrected chi connectivity index (χ3v) is 3.29. The maximum absolute atomic E-state index is 11.8. The molecule has 1 rings (SSSR count). The first-order chi connectivity index (χ1) is 7.21. The van der Waals surface area contributed by atoms with Crippen LogP contribution in [0.25, 0.3) is 0 Å². The van der Waals surface area contributed by atoms with Gasteiger partial charge >= 0.3 is 5.97 Å². The quantitative estimate of drug-likeness (QED) is 0.507. The Morgan fingerprint density at radius 1 is 1.47 bits per heavy atom. The van der Waals surface area contributed by atoms with E-state index in [4.69, 9.17) is 15.2 Å². The van der Waals surface area contributed by atoms with Crippen molar-refractivity contribution in [2.75, 3.05) is 27.4 Å². The van der Waals surface area contributed by atoms with Crippen molar-refractivity contribution >= 4 is 5.97 Å². The van der Waals surface area contributed by atoms with E-state index in [9.17, 15) is 4.79 Å². The number of methoxy groups -OCH3 is 2. The summed E-state index contributed by atoms with van der Waals surface area (Å²) < 4.78 is 9.88. The minimum Gasteiger partial charge on any atom is -0.469 e. The van der Waals surface area contributed by atoms with Gasteiger partial charge in [-0.25, -0.2) is 0 Å². The van der Waals surface area contributed by atoms with Gasteiger partial charge in [-0.15, -0.1) is 0 Å². The number of hydrogen-bond acceptors (Lipinski definition) is 4. The van der Waals surface area contributed by atoms with E-state index in [0.717, 1.165) is 25.7 Å². The summed E-state index contributed by atoms with van der Waals surface area (Å²) >= 11 is 0. The topological polar surface area (TPSA) is 61.5 Å². The molecule has 4 heteroatoms. The Balaban J connectivity index is 2.61. The van der Waals surface area contributed by atoms with Gasteiger partial charge in [0.05, 0.1) is 12.5 Å². The second kappa shape index (κ2) is 5.47. The molecular weight excluding hydrogens is 194 g/mol. The molecule has 4 nitrogen and oxygen atoms in total. The van der Waals surface area contributed by atoms with Gasteiger partial charge in [0.25, 0.3) is 0 Å². The second-order valence-electron chi connectivity index (χ2n) is 4.22. The highest BCUT2D eigenvalue weighted by molar-refractivity contribution is 5.78. The molecule has 0 aromatic heterocycles. The van der Waals surface area contributed by atoms with E-state index in [-0.39, 0.29) is 5.97 Å². The predicted octanol–water partition coefficient (Wildman–Crippen LogP) is 0.941. The van der Waals surface area contributed by atoms with Gasteiger partial charge in [0, 0.05) is 20.3 Å². The van der Waals surface area contributed by atoms with Crippen molar-refractivity contribution in [1.29, 1.82) is 0 Å². The summed E-state index contributed by atoms with van der Waals surface area (Å²) in [4.78, 5) is 11.8. The fourth-order valence-electron chi connectivity index (χ4n) is 2.20. The van der Waals surface area contributed by atoms with Crippen LogP contribution in [0.5, 0.6) is 0 Å². The number of ether oxygens (including phenoxy) is 2. The van der Waals surface area contributed by atoms with Gasteiger partial charge in [0.2, 0.25) is 0 Å². The molecule has 1 aliphatic carbocycles. The maximum atomic E-state index is 11.8. The highest BCUT2D eigenvalue weighted by Gasteiger charge is 2.50. The van der Waals surface area contributed by atoms with E-state index in [1.807, 2.05) is 0 Å². The molecule has 0 radical (unpaired) electrons. The molecule has 0 aromatic carbocycles. The van der Waals surface area contributed by atoms with Crippen molar-refractivity contribution in [1.82, 2.24) is 0 Å². The van der Waals surface area contributed by atoms with Gasteiger partial charge in [0.15, 0.2) is 0 Å². The summed E-state index contributed by atoms with van der Waals surface area (Å²) in [5, 5.41) is 0. The van der Waals surface area contributed by atoms with Crippen molar-refractivity contribution in [2.24, 2.45) is 17.1 Å². The minimum absolute atomic E-state index is 0.149. The lowest BCUT2D eigenvalue weighted by Crippen LogP contribution is -2.41. The van der Waals surface area contributed by atoms with E-state index in [1.54, 1.807) is 7.11 Å². The van der Waals surface area contributed by atoms with Crippen LogP contribution in [0.4, 0.5) is 0 Å². The molecule has 1 fully saturated rings. The van der Waals surface area contributed by atoms with Crippen LogP contribution in [0, 0.1) is 11.3 Å². The zero-order chi connectivity index (χ0) is 11.3. The summed E-state index contributed by atoms with van der Waals surface area (Å²) in [5.41, 5.74) is 5.31. The number of hydrogen-bond donors (Lipinski definition) is 1. The van der Waals surface area contributed by atoms with Crippen molar-refractivity contribution in [2.45, 2.75) is 25.7 Å². The molecule has 1 unspecified atom stereocenters. The normalized spacial score (nSPS) is 19.7. The Morgan fingerprint density at radius 2 is 2.13 bits per heavy atom. The lowest BCUT2D eigenvalue weighted by molar-refractivity contribution is -0.154. The fraction of sp³-hybridized carbons (Fsp3) is 0.909. The van der Waals surface area contributed by atoms with Crippen LogP contribution in [0.3, 0.4) is 0 Å².